The van der Waals surface area contributed by atoms with Crippen molar-refractivity contribution in [3.63, 3.8) is 0 Å². The fraction of sp³-hybridized carbons (Fsp3) is 0.462. The molecule has 20 heavy (non-hydrogen) atoms. The van der Waals surface area contributed by atoms with Gasteiger partial charge >= 0.3 is 5.97 Å². The van der Waals surface area contributed by atoms with E-state index in [4.69, 9.17) is 5.11 Å². The second-order valence-electron chi connectivity index (χ2n) is 4.65. The highest BCUT2D eigenvalue weighted by Crippen LogP contribution is 2.09. The molecule has 0 bridgehead atoms. The Labute approximate surface area is 121 Å². The van der Waals surface area contributed by atoms with Crippen LogP contribution >= 0.6 is 11.3 Å². The van der Waals surface area contributed by atoms with Crippen LogP contribution in [0.2, 0.25) is 0 Å². The van der Waals surface area contributed by atoms with Crippen LogP contribution in [0.25, 0.3) is 0 Å². The van der Waals surface area contributed by atoms with Gasteiger partial charge in [0.15, 0.2) is 0 Å². The molecular formula is C13H18N2O4S. The molecule has 110 valence electrons. The van der Waals surface area contributed by atoms with Crippen LogP contribution in [-0.2, 0) is 9.59 Å². The fourth-order valence-electron chi connectivity index (χ4n) is 1.55. The first-order valence-electron chi connectivity index (χ1n) is 6.23. The molecule has 1 aromatic rings. The van der Waals surface area contributed by atoms with Crippen molar-refractivity contribution >= 4 is 29.1 Å². The Morgan fingerprint density at radius 2 is 2.00 bits per heavy atom. The van der Waals surface area contributed by atoms with Gasteiger partial charge in [0.05, 0.1) is 17.3 Å². The van der Waals surface area contributed by atoms with Crippen molar-refractivity contribution in [2.24, 2.45) is 11.8 Å². The summed E-state index contributed by atoms with van der Waals surface area (Å²) in [6.07, 6.45) is 0. The predicted molar refractivity (Wildman–Crippen MR) is 75.6 cm³/mol. The van der Waals surface area contributed by atoms with E-state index in [9.17, 15) is 14.4 Å². The quantitative estimate of drug-likeness (QED) is 0.698. The van der Waals surface area contributed by atoms with Crippen LogP contribution in [0.3, 0.4) is 0 Å². The number of thiophene rings is 1. The lowest BCUT2D eigenvalue weighted by Gasteiger charge is -2.16. The zero-order valence-corrected chi connectivity index (χ0v) is 12.2. The van der Waals surface area contributed by atoms with E-state index in [1.54, 1.807) is 31.4 Å². The van der Waals surface area contributed by atoms with Gasteiger partial charge in [0.1, 0.15) is 0 Å². The Balaban J connectivity index is 2.33. The monoisotopic (exact) mass is 298 g/mol. The van der Waals surface area contributed by atoms with Gasteiger partial charge in [-0.05, 0) is 17.4 Å². The van der Waals surface area contributed by atoms with Crippen LogP contribution in [0.5, 0.6) is 0 Å². The van der Waals surface area contributed by atoms with E-state index in [1.807, 2.05) is 0 Å². The lowest BCUT2D eigenvalue weighted by Crippen LogP contribution is -2.41. The largest absolute Gasteiger partial charge is 0.481 e. The van der Waals surface area contributed by atoms with Gasteiger partial charge in [0, 0.05) is 6.54 Å². The Morgan fingerprint density at radius 1 is 1.30 bits per heavy atom. The van der Waals surface area contributed by atoms with Gasteiger partial charge in [-0.1, -0.05) is 19.9 Å². The number of rotatable bonds is 7. The van der Waals surface area contributed by atoms with Crippen LogP contribution in [-0.4, -0.2) is 36.0 Å². The molecular weight excluding hydrogens is 280 g/mol. The van der Waals surface area contributed by atoms with Crippen molar-refractivity contribution in [3.8, 4) is 0 Å². The second kappa shape index (κ2) is 7.64. The Morgan fingerprint density at radius 3 is 2.50 bits per heavy atom. The Bertz CT molecular complexity index is 471. The van der Waals surface area contributed by atoms with Crippen LogP contribution in [0.1, 0.15) is 23.5 Å². The summed E-state index contributed by atoms with van der Waals surface area (Å²) in [7, 11) is 0. The van der Waals surface area contributed by atoms with Crippen molar-refractivity contribution in [3.05, 3.63) is 22.4 Å². The van der Waals surface area contributed by atoms with Crippen molar-refractivity contribution in [1.82, 2.24) is 10.6 Å². The predicted octanol–water partition coefficient (Wildman–Crippen LogP) is 0.951. The third-order valence-electron chi connectivity index (χ3n) is 2.80. The molecule has 7 heteroatoms. The zero-order valence-electron chi connectivity index (χ0n) is 11.4. The first kappa shape index (κ1) is 16.2. The molecule has 6 nitrogen and oxygen atoms in total. The molecule has 1 heterocycles. The SMILES string of the molecule is CC(C)C(CNC(=O)CNC(=O)c1cccs1)C(=O)O. The van der Waals surface area contributed by atoms with Crippen LogP contribution in [0, 0.1) is 11.8 Å². The number of carbonyl (C=O) groups is 3. The number of nitrogens with one attached hydrogen (secondary N) is 2. The smallest absolute Gasteiger partial charge is 0.308 e. The molecule has 0 spiro atoms. The van der Waals surface area contributed by atoms with Crippen LogP contribution < -0.4 is 10.6 Å². The number of carboxylic acid groups (broad SMARTS) is 1. The number of hydrogen-bond donors (Lipinski definition) is 3. The molecule has 0 aliphatic rings. The molecule has 0 radical (unpaired) electrons. The molecule has 0 saturated carbocycles. The first-order chi connectivity index (χ1) is 9.41. The van der Waals surface area contributed by atoms with Crippen LogP contribution in [0.4, 0.5) is 0 Å². The van der Waals surface area contributed by atoms with E-state index in [2.05, 4.69) is 10.6 Å². The van der Waals surface area contributed by atoms with Gasteiger partial charge < -0.3 is 15.7 Å². The summed E-state index contributed by atoms with van der Waals surface area (Å²) in [5.41, 5.74) is 0. The summed E-state index contributed by atoms with van der Waals surface area (Å²) in [6.45, 7) is 3.45. The number of carbonyl (C=O) groups excluding carboxylic acids is 2. The van der Waals surface area contributed by atoms with Gasteiger partial charge in [-0.3, -0.25) is 14.4 Å². The molecule has 0 aliphatic carbocycles. The van der Waals surface area contributed by atoms with Crippen molar-refractivity contribution in [2.45, 2.75) is 13.8 Å². The summed E-state index contributed by atoms with van der Waals surface area (Å²) in [5, 5.41) is 15.7. The van der Waals surface area contributed by atoms with Crippen molar-refractivity contribution in [2.75, 3.05) is 13.1 Å². The van der Waals surface area contributed by atoms with E-state index in [1.165, 1.54) is 11.3 Å². The maximum atomic E-state index is 11.6. The molecule has 2 amide bonds. The van der Waals surface area contributed by atoms with Gasteiger partial charge in [0.25, 0.3) is 5.91 Å². The van der Waals surface area contributed by atoms with E-state index in [-0.39, 0.29) is 24.9 Å². The van der Waals surface area contributed by atoms with Gasteiger partial charge in [-0.25, -0.2) is 0 Å². The van der Waals surface area contributed by atoms with E-state index < -0.39 is 17.8 Å². The molecule has 0 aliphatic heterocycles. The summed E-state index contributed by atoms with van der Waals surface area (Å²) in [6, 6.07) is 3.41. The average Bonchev–Trinajstić information content (AvgIpc) is 2.89. The highest BCUT2D eigenvalue weighted by Gasteiger charge is 2.22. The third kappa shape index (κ3) is 5.00. The number of amides is 2. The van der Waals surface area contributed by atoms with Gasteiger partial charge in [0.2, 0.25) is 5.91 Å². The molecule has 0 fully saturated rings. The highest BCUT2D eigenvalue weighted by molar-refractivity contribution is 7.12. The number of hydrogen-bond acceptors (Lipinski definition) is 4. The summed E-state index contributed by atoms with van der Waals surface area (Å²) in [4.78, 5) is 34.6. The number of carboxylic acids is 1. The third-order valence-corrected chi connectivity index (χ3v) is 3.66. The normalized spacial score (nSPS) is 11.9. The van der Waals surface area contributed by atoms with E-state index in [0.29, 0.717) is 4.88 Å². The van der Waals surface area contributed by atoms with Crippen molar-refractivity contribution in [1.29, 1.82) is 0 Å². The molecule has 0 aromatic carbocycles. The minimum Gasteiger partial charge on any atom is -0.481 e. The second-order valence-corrected chi connectivity index (χ2v) is 5.60. The van der Waals surface area contributed by atoms with Gasteiger partial charge in [-0.15, -0.1) is 11.3 Å². The topological polar surface area (TPSA) is 95.5 Å². The molecule has 1 unspecified atom stereocenters. The maximum absolute atomic E-state index is 11.6. The Hall–Kier alpha value is -1.89. The minimum atomic E-state index is -0.942. The molecule has 1 aromatic heterocycles. The van der Waals surface area contributed by atoms with Crippen molar-refractivity contribution < 1.29 is 19.5 Å². The number of aliphatic carboxylic acids is 1. The van der Waals surface area contributed by atoms with Gasteiger partial charge in [-0.2, -0.15) is 0 Å². The molecule has 3 N–H and O–H groups in total. The molecule has 1 rings (SSSR count). The first-order valence-corrected chi connectivity index (χ1v) is 7.11. The fourth-order valence-corrected chi connectivity index (χ4v) is 2.19. The molecule has 1 atom stereocenters. The van der Waals surface area contributed by atoms with Crippen LogP contribution in [0.15, 0.2) is 17.5 Å². The average molecular weight is 298 g/mol. The zero-order chi connectivity index (χ0) is 15.1. The summed E-state index contributed by atoms with van der Waals surface area (Å²) in [5.74, 6) is -2.36. The standard InChI is InChI=1S/C13H18N2O4S/c1-8(2)9(13(18)19)6-14-11(16)7-15-12(17)10-4-3-5-20-10/h3-5,8-9H,6-7H2,1-2H3,(H,14,16)(H,15,17)(H,18,19). The maximum Gasteiger partial charge on any atom is 0.308 e. The summed E-state index contributed by atoms with van der Waals surface area (Å²) < 4.78 is 0. The Kier molecular flexibility index (Phi) is 6.17. The van der Waals surface area contributed by atoms with E-state index in [0.717, 1.165) is 0 Å². The minimum absolute atomic E-state index is 0.0563. The lowest BCUT2D eigenvalue weighted by atomic mass is 9.96. The lowest BCUT2D eigenvalue weighted by molar-refractivity contribution is -0.143. The molecule has 0 saturated heterocycles. The summed E-state index contributed by atoms with van der Waals surface area (Å²) >= 11 is 1.29. The highest BCUT2D eigenvalue weighted by atomic mass is 32.1. The van der Waals surface area contributed by atoms with E-state index >= 15 is 0 Å².